The van der Waals surface area contributed by atoms with E-state index in [1.807, 2.05) is 17.0 Å². The maximum atomic E-state index is 13.6. The van der Waals surface area contributed by atoms with Gasteiger partial charge >= 0.3 is 0 Å². The van der Waals surface area contributed by atoms with Gasteiger partial charge in [0.05, 0.1) is 32.7 Å². The van der Waals surface area contributed by atoms with Crippen molar-refractivity contribution in [1.82, 2.24) is 14.9 Å². The minimum absolute atomic E-state index is 0.298. The molecule has 0 bridgehead atoms. The van der Waals surface area contributed by atoms with Gasteiger partial charge in [-0.2, -0.15) is 0 Å². The summed E-state index contributed by atoms with van der Waals surface area (Å²) in [7, 11) is 3.07. The monoisotopic (exact) mass is 430 g/mol. The van der Waals surface area contributed by atoms with Crippen molar-refractivity contribution in [3.05, 3.63) is 54.1 Å². The molecule has 0 aliphatic carbocycles. The number of nitrogens with zero attached hydrogens (tertiary/aromatic N) is 4. The van der Waals surface area contributed by atoms with Gasteiger partial charge in [-0.3, -0.25) is 4.90 Å². The van der Waals surface area contributed by atoms with Crippen LogP contribution in [0.3, 0.4) is 0 Å². The SMILES string of the molecule is COc1ccc(-c2cc(C(F)F)nc(N3CCN(Cc4ccco4)CC3)n2)cc1OC. The Kier molecular flexibility index (Phi) is 6.31. The number of methoxy groups -OCH3 is 2. The Morgan fingerprint density at radius 3 is 2.42 bits per heavy atom. The first-order valence-corrected chi connectivity index (χ1v) is 9.96. The van der Waals surface area contributed by atoms with Crippen molar-refractivity contribution < 1.29 is 22.7 Å². The fourth-order valence-electron chi connectivity index (χ4n) is 3.58. The van der Waals surface area contributed by atoms with Crippen molar-refractivity contribution in [2.45, 2.75) is 13.0 Å². The van der Waals surface area contributed by atoms with Crippen molar-refractivity contribution in [2.75, 3.05) is 45.3 Å². The number of alkyl halides is 2. The highest BCUT2D eigenvalue weighted by Gasteiger charge is 2.23. The molecule has 0 amide bonds. The quantitative estimate of drug-likeness (QED) is 0.561. The van der Waals surface area contributed by atoms with E-state index >= 15 is 0 Å². The average Bonchev–Trinajstić information content (AvgIpc) is 3.31. The minimum atomic E-state index is -2.69. The number of rotatable bonds is 7. The summed E-state index contributed by atoms with van der Waals surface area (Å²) in [6.45, 7) is 3.51. The van der Waals surface area contributed by atoms with Gasteiger partial charge in [0.1, 0.15) is 11.5 Å². The second kappa shape index (κ2) is 9.30. The van der Waals surface area contributed by atoms with Crippen molar-refractivity contribution in [3.8, 4) is 22.8 Å². The van der Waals surface area contributed by atoms with Crippen LogP contribution in [0, 0.1) is 0 Å². The normalized spacial score (nSPS) is 14.8. The third-order valence-corrected chi connectivity index (χ3v) is 5.25. The predicted molar refractivity (Wildman–Crippen MR) is 112 cm³/mol. The molecular weight excluding hydrogens is 406 g/mol. The molecule has 1 aromatic carbocycles. The summed E-state index contributed by atoms with van der Waals surface area (Å²) >= 11 is 0. The zero-order valence-electron chi connectivity index (χ0n) is 17.4. The maximum Gasteiger partial charge on any atom is 0.280 e. The first-order valence-electron chi connectivity index (χ1n) is 9.96. The van der Waals surface area contributed by atoms with Crippen molar-refractivity contribution in [1.29, 1.82) is 0 Å². The van der Waals surface area contributed by atoms with E-state index in [9.17, 15) is 8.78 Å². The Labute approximate surface area is 179 Å². The van der Waals surface area contributed by atoms with Crippen molar-refractivity contribution >= 4 is 5.95 Å². The molecule has 2 aromatic heterocycles. The van der Waals surface area contributed by atoms with Crippen molar-refractivity contribution in [2.24, 2.45) is 0 Å². The molecule has 0 spiro atoms. The van der Waals surface area contributed by atoms with Crippen LogP contribution in [0.5, 0.6) is 11.5 Å². The first kappa shape index (κ1) is 21.0. The predicted octanol–water partition coefficient (Wildman–Crippen LogP) is 4.01. The van der Waals surface area contributed by atoms with Crippen LogP contribution in [-0.2, 0) is 6.54 Å². The van der Waals surface area contributed by atoms with E-state index < -0.39 is 6.43 Å². The van der Waals surface area contributed by atoms with E-state index in [0.29, 0.717) is 41.8 Å². The van der Waals surface area contributed by atoms with Crippen LogP contribution in [0.15, 0.2) is 47.1 Å². The molecule has 164 valence electrons. The highest BCUT2D eigenvalue weighted by molar-refractivity contribution is 5.65. The van der Waals surface area contributed by atoms with E-state index in [-0.39, 0.29) is 5.69 Å². The fourth-order valence-corrected chi connectivity index (χ4v) is 3.58. The smallest absolute Gasteiger partial charge is 0.280 e. The molecule has 3 aromatic rings. The van der Waals surface area contributed by atoms with E-state index in [1.165, 1.54) is 13.2 Å². The second-order valence-corrected chi connectivity index (χ2v) is 7.19. The van der Waals surface area contributed by atoms with Gasteiger partial charge in [-0.15, -0.1) is 0 Å². The molecule has 0 N–H and O–H groups in total. The molecule has 3 heterocycles. The number of hydrogen-bond donors (Lipinski definition) is 0. The number of aromatic nitrogens is 2. The summed E-state index contributed by atoms with van der Waals surface area (Å²) in [5.41, 5.74) is 0.770. The number of hydrogen-bond acceptors (Lipinski definition) is 7. The molecular formula is C22H24F2N4O3. The van der Waals surface area contributed by atoms with E-state index in [1.54, 1.807) is 31.6 Å². The highest BCUT2D eigenvalue weighted by Crippen LogP contribution is 2.33. The molecule has 1 fully saturated rings. The average molecular weight is 430 g/mol. The Bertz CT molecular complexity index is 1010. The number of halogens is 2. The molecule has 0 unspecified atom stereocenters. The van der Waals surface area contributed by atoms with Gasteiger partial charge in [0.25, 0.3) is 6.43 Å². The molecule has 0 radical (unpaired) electrons. The molecule has 0 saturated carbocycles. The Morgan fingerprint density at radius 1 is 1.00 bits per heavy atom. The number of anilines is 1. The first-order chi connectivity index (χ1) is 15.1. The summed E-state index contributed by atoms with van der Waals surface area (Å²) in [5, 5.41) is 0. The van der Waals surface area contributed by atoms with Gasteiger partial charge in [0, 0.05) is 31.7 Å². The van der Waals surface area contributed by atoms with Crippen LogP contribution >= 0.6 is 0 Å². The summed E-state index contributed by atoms with van der Waals surface area (Å²) in [6, 6.07) is 10.3. The topological polar surface area (TPSA) is 63.9 Å². The van der Waals surface area contributed by atoms with Gasteiger partial charge in [-0.25, -0.2) is 18.7 Å². The van der Waals surface area contributed by atoms with Gasteiger partial charge in [0.2, 0.25) is 5.95 Å². The van der Waals surface area contributed by atoms with Crippen LogP contribution in [0.2, 0.25) is 0 Å². The standard InChI is InChI=1S/C22H24F2N4O3/c1-29-19-6-5-15(12-20(19)30-2)17-13-18(21(23)24)26-22(25-17)28-9-7-27(8-10-28)14-16-4-3-11-31-16/h3-6,11-13,21H,7-10,14H2,1-2H3. The largest absolute Gasteiger partial charge is 0.493 e. The summed E-state index contributed by atoms with van der Waals surface area (Å²) in [4.78, 5) is 12.9. The van der Waals surface area contributed by atoms with Gasteiger partial charge < -0.3 is 18.8 Å². The highest BCUT2D eigenvalue weighted by atomic mass is 19.3. The second-order valence-electron chi connectivity index (χ2n) is 7.19. The number of piperazine rings is 1. The molecule has 0 atom stereocenters. The summed E-state index contributed by atoms with van der Waals surface area (Å²) in [6.07, 6.45) is -1.04. The third kappa shape index (κ3) is 4.77. The number of furan rings is 1. The number of ether oxygens (including phenoxy) is 2. The lowest BCUT2D eigenvalue weighted by Crippen LogP contribution is -2.46. The minimum Gasteiger partial charge on any atom is -0.493 e. The maximum absolute atomic E-state index is 13.6. The molecule has 9 heteroatoms. The van der Waals surface area contributed by atoms with Crippen LogP contribution in [0.4, 0.5) is 14.7 Å². The zero-order chi connectivity index (χ0) is 21.8. The Hall–Kier alpha value is -3.20. The van der Waals surface area contributed by atoms with Crippen LogP contribution < -0.4 is 14.4 Å². The summed E-state index contributed by atoms with van der Waals surface area (Å²) < 4.78 is 43.2. The Balaban J connectivity index is 1.57. The van der Waals surface area contributed by atoms with Crippen molar-refractivity contribution in [3.63, 3.8) is 0 Å². The summed E-state index contributed by atoms with van der Waals surface area (Å²) in [5.74, 6) is 2.27. The number of benzene rings is 1. The molecule has 31 heavy (non-hydrogen) atoms. The van der Waals surface area contributed by atoms with E-state index in [0.717, 1.165) is 25.4 Å². The fraction of sp³-hybridized carbons (Fsp3) is 0.364. The van der Waals surface area contributed by atoms with E-state index in [4.69, 9.17) is 13.9 Å². The Morgan fingerprint density at radius 2 is 1.77 bits per heavy atom. The van der Waals surface area contributed by atoms with E-state index in [2.05, 4.69) is 14.9 Å². The lowest BCUT2D eigenvalue weighted by Gasteiger charge is -2.34. The molecule has 1 aliphatic rings. The molecule has 7 nitrogen and oxygen atoms in total. The van der Waals surface area contributed by atoms with Gasteiger partial charge in [-0.05, 0) is 36.4 Å². The van der Waals surface area contributed by atoms with Gasteiger partial charge in [0.15, 0.2) is 11.5 Å². The molecule has 1 aliphatic heterocycles. The lowest BCUT2D eigenvalue weighted by molar-refractivity contribution is 0.146. The van der Waals surface area contributed by atoms with Crippen LogP contribution in [-0.4, -0.2) is 55.3 Å². The molecule has 1 saturated heterocycles. The third-order valence-electron chi connectivity index (χ3n) is 5.25. The molecule has 4 rings (SSSR count). The van der Waals surface area contributed by atoms with Crippen LogP contribution in [0.25, 0.3) is 11.3 Å². The van der Waals surface area contributed by atoms with Gasteiger partial charge in [-0.1, -0.05) is 0 Å². The zero-order valence-corrected chi connectivity index (χ0v) is 17.4. The lowest BCUT2D eigenvalue weighted by atomic mass is 10.1. The van der Waals surface area contributed by atoms with Crippen LogP contribution in [0.1, 0.15) is 17.9 Å².